The highest BCUT2D eigenvalue weighted by atomic mass is 35.5. The number of pyridine rings is 1. The molecule has 0 spiro atoms. The van der Waals surface area contributed by atoms with E-state index < -0.39 is 8.32 Å². The largest absolute Gasteiger partial charge is 0.401 e. The number of carbonyl (C=O) groups is 1. The molecule has 0 radical (unpaired) electrons. The Morgan fingerprint density at radius 3 is 1.98 bits per heavy atom. The molecule has 4 rings (SSSR count). The van der Waals surface area contributed by atoms with Crippen molar-refractivity contribution in [2.24, 2.45) is 5.16 Å². The molecule has 1 saturated heterocycles. The number of Topliss-reactive ketones (excluding diaryl/α,β-unsaturated/α-hetero) is 1. The first-order valence-electron chi connectivity index (χ1n) is 14.4. The second kappa shape index (κ2) is 13.1. The number of hydrogen-bond donors (Lipinski definition) is 0. The topological polar surface area (TPSA) is 73.2 Å². The van der Waals surface area contributed by atoms with Crippen LogP contribution in [0.3, 0.4) is 0 Å². The van der Waals surface area contributed by atoms with Crippen LogP contribution in [-0.4, -0.2) is 50.1 Å². The number of aromatic nitrogens is 1. The lowest BCUT2D eigenvalue weighted by atomic mass is 10.1. The van der Waals surface area contributed by atoms with Gasteiger partial charge in [0.25, 0.3) is 8.32 Å². The molecule has 0 N–H and O–H groups in total. The van der Waals surface area contributed by atoms with E-state index in [0.717, 1.165) is 10.4 Å². The van der Waals surface area contributed by atoms with E-state index in [4.69, 9.17) is 30.6 Å². The zero-order valence-electron chi connectivity index (χ0n) is 25.9. The Labute approximate surface area is 256 Å². The van der Waals surface area contributed by atoms with Gasteiger partial charge in [-0.15, -0.1) is 0 Å². The van der Waals surface area contributed by atoms with E-state index in [1.54, 1.807) is 0 Å². The van der Waals surface area contributed by atoms with E-state index >= 15 is 0 Å². The third-order valence-electron chi connectivity index (χ3n) is 7.37. The molecule has 0 bridgehead atoms. The zero-order valence-corrected chi connectivity index (χ0v) is 27.7. The number of morpholine rings is 1. The molecule has 3 aromatic rings. The number of carbonyl (C=O) groups excluding carboxylic acids is 1. The maximum atomic E-state index is 12.9. The molecular weight excluding hydrogens is 566 g/mol. The summed E-state index contributed by atoms with van der Waals surface area (Å²) in [7, 11) is -2.90. The minimum absolute atomic E-state index is 0.0250. The minimum Gasteiger partial charge on any atom is -0.401 e. The summed E-state index contributed by atoms with van der Waals surface area (Å²) in [4.78, 5) is 25.7. The molecular formula is C33H42ClN3O4Si. The number of benzene rings is 2. The highest BCUT2D eigenvalue weighted by Gasteiger charge is 2.50. The lowest BCUT2D eigenvalue weighted by Gasteiger charge is -2.43. The van der Waals surface area contributed by atoms with Crippen LogP contribution in [0.5, 0.6) is 5.75 Å². The summed E-state index contributed by atoms with van der Waals surface area (Å²) in [5.74, 6) is -0.112. The second-order valence-electron chi connectivity index (χ2n) is 12.2. The Morgan fingerprint density at radius 1 is 1.00 bits per heavy atom. The van der Waals surface area contributed by atoms with Crippen molar-refractivity contribution >= 4 is 47.5 Å². The number of ether oxygens (including phenoxy) is 1. The molecule has 0 saturated carbocycles. The van der Waals surface area contributed by atoms with Gasteiger partial charge in [0.15, 0.2) is 11.5 Å². The highest BCUT2D eigenvalue weighted by Crippen LogP contribution is 2.42. The highest BCUT2D eigenvalue weighted by molar-refractivity contribution is 6.99. The predicted octanol–water partition coefficient (Wildman–Crippen LogP) is 6.40. The van der Waals surface area contributed by atoms with Crippen LogP contribution in [0.15, 0.2) is 65.8 Å². The Kier molecular flexibility index (Phi) is 9.93. The van der Waals surface area contributed by atoms with Gasteiger partial charge in [0.05, 0.1) is 35.9 Å². The number of ketones is 1. The number of nitrogens with zero attached hydrogens (tertiary/aromatic N) is 3. The molecule has 2 aromatic carbocycles. The van der Waals surface area contributed by atoms with Crippen LogP contribution >= 0.6 is 11.6 Å². The summed E-state index contributed by atoms with van der Waals surface area (Å²) in [6, 6.07) is 20.9. The van der Waals surface area contributed by atoms with Crippen molar-refractivity contribution in [3.8, 4) is 5.75 Å². The number of anilines is 1. The van der Waals surface area contributed by atoms with Crippen LogP contribution in [0.2, 0.25) is 10.1 Å². The van der Waals surface area contributed by atoms with E-state index in [-0.39, 0.29) is 41.1 Å². The number of oxime groups is 1. The summed E-state index contributed by atoms with van der Waals surface area (Å²) < 4.78 is 13.3. The summed E-state index contributed by atoms with van der Waals surface area (Å²) in [5, 5.41) is 6.49. The third-order valence-corrected chi connectivity index (χ3v) is 12.7. The van der Waals surface area contributed by atoms with Crippen LogP contribution in [0.25, 0.3) is 0 Å². The van der Waals surface area contributed by atoms with Gasteiger partial charge in [-0.2, -0.15) is 0 Å². The monoisotopic (exact) mass is 607 g/mol. The molecule has 2 heterocycles. The van der Waals surface area contributed by atoms with E-state index in [0.29, 0.717) is 35.2 Å². The lowest BCUT2D eigenvalue weighted by Crippen LogP contribution is -2.66. The Bertz CT molecular complexity index is 1370. The Balaban J connectivity index is 1.93. The maximum absolute atomic E-state index is 12.9. The van der Waals surface area contributed by atoms with Gasteiger partial charge in [-0.3, -0.25) is 4.79 Å². The van der Waals surface area contributed by atoms with Gasteiger partial charge in [-0.25, -0.2) is 4.98 Å². The lowest BCUT2D eigenvalue weighted by molar-refractivity contribution is -0.00535. The average molecular weight is 608 g/mol. The Hall–Kier alpha value is -3.04. The van der Waals surface area contributed by atoms with E-state index in [1.807, 2.05) is 39.8 Å². The SMILES string of the molecule is CC(=O)c1nc(CO[Si](c2ccccc2)(c2ccccc2)C(C)(C)C)c(N2C[C@@H](C)O[C@@H](C)C2)c(Cl)c1ON=C(C)C. The first-order chi connectivity index (χ1) is 19.8. The van der Waals surface area contributed by atoms with Crippen LogP contribution in [0, 0.1) is 0 Å². The van der Waals surface area contributed by atoms with Crippen LogP contribution in [-0.2, 0) is 15.8 Å². The molecule has 0 unspecified atom stereocenters. The van der Waals surface area contributed by atoms with Crippen molar-refractivity contribution in [3.63, 3.8) is 0 Å². The molecule has 1 aliphatic rings. The van der Waals surface area contributed by atoms with Crippen LogP contribution in [0.4, 0.5) is 5.69 Å². The van der Waals surface area contributed by atoms with E-state index in [2.05, 4.69) is 79.4 Å². The van der Waals surface area contributed by atoms with Crippen LogP contribution < -0.4 is 20.1 Å². The average Bonchev–Trinajstić information content (AvgIpc) is 2.92. The molecule has 0 aliphatic carbocycles. The van der Waals surface area contributed by atoms with Gasteiger partial charge in [0.1, 0.15) is 5.02 Å². The normalized spacial score (nSPS) is 17.6. The van der Waals surface area contributed by atoms with Gasteiger partial charge in [-0.05, 0) is 43.1 Å². The van der Waals surface area contributed by atoms with Gasteiger partial charge < -0.3 is 18.9 Å². The fraction of sp³-hybridized carbons (Fsp3) is 0.424. The van der Waals surface area contributed by atoms with E-state index in [1.165, 1.54) is 6.92 Å². The van der Waals surface area contributed by atoms with Crippen molar-refractivity contribution in [3.05, 3.63) is 77.1 Å². The van der Waals surface area contributed by atoms with Crippen molar-refractivity contribution in [2.75, 3.05) is 18.0 Å². The quantitative estimate of drug-likeness (QED) is 0.121. The summed E-state index contributed by atoms with van der Waals surface area (Å²) in [5.41, 5.74) is 2.09. The first kappa shape index (κ1) is 31.9. The number of halogens is 1. The van der Waals surface area contributed by atoms with Gasteiger partial charge in [-0.1, -0.05) is 98.2 Å². The predicted molar refractivity (Wildman–Crippen MR) is 173 cm³/mol. The summed E-state index contributed by atoms with van der Waals surface area (Å²) in [6.45, 7) is 17.2. The number of hydrogen-bond acceptors (Lipinski definition) is 7. The first-order valence-corrected chi connectivity index (χ1v) is 16.7. The van der Waals surface area contributed by atoms with Gasteiger partial charge >= 0.3 is 0 Å². The fourth-order valence-electron chi connectivity index (χ4n) is 5.76. The van der Waals surface area contributed by atoms with Gasteiger partial charge in [0.2, 0.25) is 5.75 Å². The summed E-state index contributed by atoms with van der Waals surface area (Å²) >= 11 is 7.14. The minimum atomic E-state index is -2.90. The zero-order chi connectivity index (χ0) is 30.7. The van der Waals surface area contributed by atoms with Crippen molar-refractivity contribution in [2.45, 2.75) is 79.2 Å². The fourth-order valence-corrected chi connectivity index (χ4v) is 10.6. The summed E-state index contributed by atoms with van der Waals surface area (Å²) in [6.07, 6.45) is -0.0500. The standard InChI is InChI=1S/C33H42ClN3O4Si/c1-22(2)36-41-32-29(34)31(37-19-23(3)40-24(4)20-37)28(35-30(32)25(5)38)21-39-42(33(6,7)8,26-15-11-9-12-16-26)27-17-13-10-14-18-27/h9-18,23-24H,19-21H2,1-8H3/t23-,24+. The molecule has 7 nitrogen and oxygen atoms in total. The molecule has 42 heavy (non-hydrogen) atoms. The number of rotatable bonds is 9. The molecule has 1 fully saturated rings. The van der Waals surface area contributed by atoms with Crippen molar-refractivity contribution in [1.82, 2.24) is 4.98 Å². The van der Waals surface area contributed by atoms with Gasteiger partial charge in [0, 0.05) is 20.0 Å². The molecule has 1 aromatic heterocycles. The van der Waals surface area contributed by atoms with E-state index in [9.17, 15) is 4.79 Å². The van der Waals surface area contributed by atoms with Crippen LogP contribution in [0.1, 0.15) is 71.6 Å². The smallest absolute Gasteiger partial charge is 0.261 e. The molecule has 2 atom stereocenters. The second-order valence-corrected chi connectivity index (χ2v) is 16.9. The maximum Gasteiger partial charge on any atom is 0.261 e. The van der Waals surface area contributed by atoms with Crippen molar-refractivity contribution in [1.29, 1.82) is 0 Å². The molecule has 1 aliphatic heterocycles. The third kappa shape index (κ3) is 6.62. The van der Waals surface area contributed by atoms with Crippen molar-refractivity contribution < 1.29 is 18.8 Å². The molecule has 0 amide bonds. The Morgan fingerprint density at radius 2 is 1.52 bits per heavy atom. The molecule has 9 heteroatoms. The molecule has 224 valence electrons.